The molecule has 0 unspecified atom stereocenters. The Balaban J connectivity index is 2.32. The van der Waals surface area contributed by atoms with E-state index >= 15 is 0 Å². The third-order valence-corrected chi connectivity index (χ3v) is 4.99. The van der Waals surface area contributed by atoms with Crippen LogP contribution in [-0.2, 0) is 0 Å². The summed E-state index contributed by atoms with van der Waals surface area (Å²) in [7, 11) is 3.12. The van der Waals surface area contributed by atoms with Crippen molar-refractivity contribution in [1.29, 1.82) is 5.26 Å². The quantitative estimate of drug-likeness (QED) is 0.610. The van der Waals surface area contributed by atoms with Gasteiger partial charge in [0.1, 0.15) is 17.5 Å². The number of halogens is 2. The summed E-state index contributed by atoms with van der Waals surface area (Å²) in [6.07, 6.45) is 0. The van der Waals surface area contributed by atoms with E-state index in [0.717, 1.165) is 11.1 Å². The summed E-state index contributed by atoms with van der Waals surface area (Å²) in [5.41, 5.74) is 9.87. The zero-order chi connectivity index (χ0) is 20.4. The predicted octanol–water partition coefficient (Wildman–Crippen LogP) is 5.50. The van der Waals surface area contributed by atoms with Crippen LogP contribution in [-0.4, -0.2) is 19.2 Å². The zero-order valence-electron chi connectivity index (χ0n) is 15.5. The van der Waals surface area contributed by atoms with Gasteiger partial charge in [0.2, 0.25) is 0 Å². The molecular weight excluding hydrogens is 397 g/mol. The van der Waals surface area contributed by atoms with Crippen LogP contribution in [0.1, 0.15) is 11.1 Å². The van der Waals surface area contributed by atoms with Crippen molar-refractivity contribution >= 4 is 29.0 Å². The molecule has 0 aliphatic carbocycles. The second-order valence-corrected chi connectivity index (χ2v) is 6.87. The van der Waals surface area contributed by atoms with Gasteiger partial charge >= 0.3 is 0 Å². The molecule has 0 radical (unpaired) electrons. The number of nitrogens with two attached hydrogens (primary N) is 1. The number of pyridine rings is 1. The van der Waals surface area contributed by atoms with Crippen LogP contribution in [0.5, 0.6) is 11.5 Å². The lowest BCUT2D eigenvalue weighted by atomic mass is 9.92. The lowest BCUT2D eigenvalue weighted by Crippen LogP contribution is -2.04. The van der Waals surface area contributed by atoms with Gasteiger partial charge in [-0.05, 0) is 48.4 Å². The summed E-state index contributed by atoms with van der Waals surface area (Å²) in [6.45, 7) is 1.87. The first-order valence-corrected chi connectivity index (χ1v) is 9.04. The predicted molar refractivity (Wildman–Crippen MR) is 112 cm³/mol. The van der Waals surface area contributed by atoms with Gasteiger partial charge in [0.25, 0.3) is 0 Å². The van der Waals surface area contributed by atoms with E-state index in [4.69, 9.17) is 38.4 Å². The van der Waals surface area contributed by atoms with E-state index in [9.17, 15) is 5.26 Å². The van der Waals surface area contributed by atoms with Crippen molar-refractivity contribution in [1.82, 2.24) is 4.98 Å². The molecule has 1 heterocycles. The Bertz CT molecular complexity index is 1110. The third kappa shape index (κ3) is 3.45. The Morgan fingerprint density at radius 1 is 1.04 bits per heavy atom. The number of anilines is 1. The average Bonchev–Trinajstić information content (AvgIpc) is 2.69. The standard InChI is InChI=1S/C21H17Cl2N3O2/c1-11-19(12-4-7-17(27-2)18(8-12)28-3)15(10-24)21(25)26-20(11)14-6-5-13(22)9-16(14)23/h4-9H,1-3H3,(H2,25,26). The van der Waals surface area contributed by atoms with Crippen molar-refractivity contribution in [2.24, 2.45) is 0 Å². The van der Waals surface area contributed by atoms with E-state index < -0.39 is 0 Å². The molecule has 0 saturated carbocycles. The van der Waals surface area contributed by atoms with E-state index in [-0.39, 0.29) is 5.82 Å². The highest BCUT2D eigenvalue weighted by Crippen LogP contribution is 2.41. The maximum Gasteiger partial charge on any atom is 0.161 e. The molecule has 0 amide bonds. The summed E-state index contributed by atoms with van der Waals surface area (Å²) in [6, 6.07) is 12.7. The van der Waals surface area contributed by atoms with E-state index in [1.54, 1.807) is 44.6 Å². The molecule has 2 N–H and O–H groups in total. The van der Waals surface area contributed by atoms with E-state index in [1.807, 2.05) is 13.0 Å². The molecule has 5 nitrogen and oxygen atoms in total. The fraction of sp³-hybridized carbons (Fsp3) is 0.143. The van der Waals surface area contributed by atoms with Crippen LogP contribution in [0.2, 0.25) is 10.0 Å². The number of hydrogen-bond acceptors (Lipinski definition) is 5. The lowest BCUT2D eigenvalue weighted by Gasteiger charge is -2.17. The highest BCUT2D eigenvalue weighted by molar-refractivity contribution is 6.36. The van der Waals surface area contributed by atoms with Crippen molar-refractivity contribution in [3.05, 3.63) is 57.6 Å². The first-order chi connectivity index (χ1) is 13.4. The highest BCUT2D eigenvalue weighted by Gasteiger charge is 2.20. The summed E-state index contributed by atoms with van der Waals surface area (Å²) >= 11 is 12.4. The van der Waals surface area contributed by atoms with E-state index in [0.29, 0.717) is 43.9 Å². The van der Waals surface area contributed by atoms with Crippen LogP contribution in [0.3, 0.4) is 0 Å². The molecule has 0 aliphatic heterocycles. The number of benzene rings is 2. The molecule has 0 atom stereocenters. The molecule has 3 rings (SSSR count). The smallest absolute Gasteiger partial charge is 0.161 e. The minimum absolute atomic E-state index is 0.124. The molecule has 1 aromatic heterocycles. The fourth-order valence-corrected chi connectivity index (χ4v) is 3.60. The lowest BCUT2D eigenvalue weighted by molar-refractivity contribution is 0.355. The number of nitrogens with zero attached hydrogens (tertiary/aromatic N) is 2. The summed E-state index contributed by atoms with van der Waals surface area (Å²) in [4.78, 5) is 4.44. The number of aromatic nitrogens is 1. The van der Waals surface area contributed by atoms with Crippen LogP contribution in [0, 0.1) is 18.3 Å². The van der Waals surface area contributed by atoms with Crippen molar-refractivity contribution in [3.8, 4) is 40.0 Å². The van der Waals surface area contributed by atoms with Gasteiger partial charge in [-0.15, -0.1) is 0 Å². The van der Waals surface area contributed by atoms with Crippen LogP contribution in [0.15, 0.2) is 36.4 Å². The molecule has 3 aromatic rings. The Hall–Kier alpha value is -2.94. The van der Waals surface area contributed by atoms with Gasteiger partial charge in [0.15, 0.2) is 11.5 Å². The van der Waals surface area contributed by atoms with Crippen molar-refractivity contribution in [2.75, 3.05) is 20.0 Å². The Labute approximate surface area is 173 Å². The maximum atomic E-state index is 9.70. The summed E-state index contributed by atoms with van der Waals surface area (Å²) in [5.74, 6) is 1.26. The Morgan fingerprint density at radius 3 is 2.36 bits per heavy atom. The number of ether oxygens (including phenoxy) is 2. The van der Waals surface area contributed by atoms with Crippen LogP contribution >= 0.6 is 23.2 Å². The van der Waals surface area contributed by atoms with Gasteiger partial charge in [-0.2, -0.15) is 5.26 Å². The number of nitrogen functional groups attached to an aromatic ring is 1. The van der Waals surface area contributed by atoms with Crippen molar-refractivity contribution in [3.63, 3.8) is 0 Å². The number of nitriles is 1. The SMILES string of the molecule is COc1ccc(-c2c(C)c(-c3ccc(Cl)cc3Cl)nc(N)c2C#N)cc1OC. The van der Waals surface area contributed by atoms with Crippen LogP contribution in [0.25, 0.3) is 22.4 Å². The molecule has 7 heteroatoms. The van der Waals surface area contributed by atoms with Crippen molar-refractivity contribution < 1.29 is 9.47 Å². The molecule has 0 aliphatic rings. The molecule has 0 fully saturated rings. The van der Waals surface area contributed by atoms with Gasteiger partial charge in [0.05, 0.1) is 24.9 Å². The molecule has 0 spiro atoms. The number of methoxy groups -OCH3 is 2. The second-order valence-electron chi connectivity index (χ2n) is 6.03. The third-order valence-electron chi connectivity index (χ3n) is 4.44. The zero-order valence-corrected chi connectivity index (χ0v) is 17.0. The van der Waals surface area contributed by atoms with E-state index in [1.165, 1.54) is 0 Å². The normalized spacial score (nSPS) is 10.4. The molecular formula is C21H17Cl2N3O2. The molecule has 142 valence electrons. The van der Waals surface area contributed by atoms with Crippen LogP contribution in [0.4, 0.5) is 5.82 Å². The monoisotopic (exact) mass is 413 g/mol. The molecule has 2 aromatic carbocycles. The second kappa shape index (κ2) is 7.97. The topological polar surface area (TPSA) is 81.2 Å². The van der Waals surface area contributed by atoms with Crippen molar-refractivity contribution in [2.45, 2.75) is 6.92 Å². The first-order valence-electron chi connectivity index (χ1n) is 8.29. The first kappa shape index (κ1) is 19.8. The Morgan fingerprint density at radius 2 is 1.75 bits per heavy atom. The fourth-order valence-electron chi connectivity index (χ4n) is 3.10. The largest absolute Gasteiger partial charge is 0.493 e. The van der Waals surface area contributed by atoms with Gasteiger partial charge in [-0.1, -0.05) is 29.3 Å². The summed E-state index contributed by atoms with van der Waals surface area (Å²) < 4.78 is 10.7. The summed E-state index contributed by atoms with van der Waals surface area (Å²) in [5, 5.41) is 10.7. The van der Waals surface area contributed by atoms with Gasteiger partial charge in [-0.3, -0.25) is 0 Å². The Kier molecular flexibility index (Phi) is 5.64. The number of rotatable bonds is 4. The van der Waals surface area contributed by atoms with Crippen LogP contribution < -0.4 is 15.2 Å². The average molecular weight is 414 g/mol. The minimum atomic E-state index is 0.124. The number of hydrogen-bond donors (Lipinski definition) is 1. The maximum absolute atomic E-state index is 9.70. The molecule has 28 heavy (non-hydrogen) atoms. The highest BCUT2D eigenvalue weighted by atomic mass is 35.5. The molecule has 0 saturated heterocycles. The minimum Gasteiger partial charge on any atom is -0.493 e. The molecule has 0 bridgehead atoms. The van der Waals surface area contributed by atoms with Gasteiger partial charge in [0, 0.05) is 16.1 Å². The van der Waals surface area contributed by atoms with Gasteiger partial charge in [-0.25, -0.2) is 4.98 Å². The van der Waals surface area contributed by atoms with Gasteiger partial charge < -0.3 is 15.2 Å². The van der Waals surface area contributed by atoms with E-state index in [2.05, 4.69) is 11.1 Å².